The zero-order chi connectivity index (χ0) is 15.5. The number of para-hydroxylation sites is 1. The molecule has 0 spiro atoms. The molecule has 0 saturated carbocycles. The number of benzene rings is 2. The standard InChI is InChI=1S/C18H22N2O/c1-13-8-7-11-15(16(13)19)17(21)20-12-18(2,3)14-9-5-4-6-10-14/h4-11H,12,19H2,1-3H3,(H,20,21). The van der Waals surface area contributed by atoms with Crippen molar-refractivity contribution in [2.24, 2.45) is 0 Å². The number of nitrogens with one attached hydrogen (secondary N) is 1. The van der Waals surface area contributed by atoms with Crippen LogP contribution in [0.3, 0.4) is 0 Å². The van der Waals surface area contributed by atoms with Crippen LogP contribution in [0.2, 0.25) is 0 Å². The lowest BCUT2D eigenvalue weighted by Crippen LogP contribution is -2.37. The number of carbonyl (C=O) groups is 1. The van der Waals surface area contributed by atoms with Gasteiger partial charge in [0.1, 0.15) is 0 Å². The Morgan fingerprint density at radius 2 is 1.76 bits per heavy atom. The van der Waals surface area contributed by atoms with Crippen LogP contribution in [0.5, 0.6) is 0 Å². The molecule has 21 heavy (non-hydrogen) atoms. The quantitative estimate of drug-likeness (QED) is 0.845. The monoisotopic (exact) mass is 282 g/mol. The highest BCUT2D eigenvalue weighted by molar-refractivity contribution is 5.99. The van der Waals surface area contributed by atoms with E-state index < -0.39 is 0 Å². The molecule has 2 aromatic rings. The molecule has 0 aliphatic heterocycles. The fourth-order valence-corrected chi connectivity index (χ4v) is 2.27. The molecule has 0 aliphatic carbocycles. The van der Waals surface area contributed by atoms with Crippen molar-refractivity contribution >= 4 is 11.6 Å². The van der Waals surface area contributed by atoms with Crippen LogP contribution in [0.1, 0.15) is 35.3 Å². The third-order valence-corrected chi connectivity index (χ3v) is 3.81. The predicted octanol–water partition coefficient (Wildman–Crippen LogP) is 3.28. The Bertz CT molecular complexity index is 633. The lowest BCUT2D eigenvalue weighted by molar-refractivity contribution is 0.0946. The SMILES string of the molecule is Cc1cccc(C(=O)NCC(C)(C)c2ccccc2)c1N. The second kappa shape index (κ2) is 6.00. The van der Waals surface area contributed by atoms with E-state index in [1.165, 1.54) is 5.56 Å². The van der Waals surface area contributed by atoms with Gasteiger partial charge in [0.2, 0.25) is 0 Å². The van der Waals surface area contributed by atoms with Crippen LogP contribution >= 0.6 is 0 Å². The summed E-state index contributed by atoms with van der Waals surface area (Å²) in [6, 6.07) is 15.7. The smallest absolute Gasteiger partial charge is 0.253 e. The van der Waals surface area contributed by atoms with E-state index >= 15 is 0 Å². The Hall–Kier alpha value is -2.29. The summed E-state index contributed by atoms with van der Waals surface area (Å²) in [5, 5.41) is 2.99. The molecule has 1 amide bonds. The second-order valence-corrected chi connectivity index (χ2v) is 5.97. The number of hydrogen-bond acceptors (Lipinski definition) is 2. The molecule has 0 saturated heterocycles. The Kier molecular flexibility index (Phi) is 4.32. The van der Waals surface area contributed by atoms with Crippen LogP contribution in [-0.2, 0) is 5.41 Å². The summed E-state index contributed by atoms with van der Waals surface area (Å²) in [4.78, 5) is 12.3. The van der Waals surface area contributed by atoms with Crippen LogP contribution in [-0.4, -0.2) is 12.5 Å². The zero-order valence-corrected chi connectivity index (χ0v) is 12.8. The molecule has 0 fully saturated rings. The largest absolute Gasteiger partial charge is 0.398 e. The van der Waals surface area contributed by atoms with Gasteiger partial charge in [-0.1, -0.05) is 56.3 Å². The number of carbonyl (C=O) groups excluding carboxylic acids is 1. The van der Waals surface area contributed by atoms with E-state index in [0.717, 1.165) is 5.56 Å². The number of amides is 1. The number of rotatable bonds is 4. The van der Waals surface area contributed by atoms with Gasteiger partial charge in [0.05, 0.1) is 5.56 Å². The Morgan fingerprint density at radius 1 is 1.10 bits per heavy atom. The van der Waals surface area contributed by atoms with Crippen molar-refractivity contribution in [3.63, 3.8) is 0 Å². The maximum Gasteiger partial charge on any atom is 0.253 e. The van der Waals surface area contributed by atoms with Gasteiger partial charge in [-0.3, -0.25) is 4.79 Å². The summed E-state index contributed by atoms with van der Waals surface area (Å²) in [6.07, 6.45) is 0. The highest BCUT2D eigenvalue weighted by Gasteiger charge is 2.22. The van der Waals surface area contributed by atoms with E-state index in [0.29, 0.717) is 17.8 Å². The van der Waals surface area contributed by atoms with E-state index in [2.05, 4.69) is 31.3 Å². The van der Waals surface area contributed by atoms with E-state index in [4.69, 9.17) is 5.73 Å². The van der Waals surface area contributed by atoms with Gasteiger partial charge in [-0.15, -0.1) is 0 Å². The maximum atomic E-state index is 12.3. The minimum atomic E-state index is -0.129. The first kappa shape index (κ1) is 15.1. The topological polar surface area (TPSA) is 55.1 Å². The molecule has 2 rings (SSSR count). The summed E-state index contributed by atoms with van der Waals surface area (Å²) in [5.74, 6) is -0.125. The van der Waals surface area contributed by atoms with Gasteiger partial charge in [-0.25, -0.2) is 0 Å². The summed E-state index contributed by atoms with van der Waals surface area (Å²) in [6.45, 7) is 6.69. The zero-order valence-electron chi connectivity index (χ0n) is 12.8. The molecule has 2 aromatic carbocycles. The first-order valence-electron chi connectivity index (χ1n) is 7.10. The van der Waals surface area contributed by atoms with Gasteiger partial charge < -0.3 is 11.1 Å². The van der Waals surface area contributed by atoms with Crippen LogP contribution in [0.4, 0.5) is 5.69 Å². The molecule has 0 bridgehead atoms. The van der Waals surface area contributed by atoms with Crippen molar-refractivity contribution in [3.05, 3.63) is 65.2 Å². The minimum absolute atomic E-state index is 0.125. The van der Waals surface area contributed by atoms with Gasteiger partial charge in [-0.05, 0) is 24.1 Å². The van der Waals surface area contributed by atoms with Crippen LogP contribution < -0.4 is 11.1 Å². The number of nitrogen functional groups attached to an aromatic ring is 1. The normalized spacial score (nSPS) is 11.2. The van der Waals surface area contributed by atoms with Crippen LogP contribution in [0.25, 0.3) is 0 Å². The Labute approximate surface area is 126 Å². The van der Waals surface area contributed by atoms with Crippen molar-refractivity contribution in [2.45, 2.75) is 26.2 Å². The van der Waals surface area contributed by atoms with Crippen molar-refractivity contribution in [2.75, 3.05) is 12.3 Å². The van der Waals surface area contributed by atoms with Gasteiger partial charge >= 0.3 is 0 Å². The maximum absolute atomic E-state index is 12.3. The van der Waals surface area contributed by atoms with Crippen molar-refractivity contribution in [3.8, 4) is 0 Å². The molecule has 3 heteroatoms. The molecule has 0 aromatic heterocycles. The van der Waals surface area contributed by atoms with Crippen molar-refractivity contribution in [1.29, 1.82) is 0 Å². The number of anilines is 1. The highest BCUT2D eigenvalue weighted by atomic mass is 16.1. The number of aryl methyl sites for hydroxylation is 1. The average molecular weight is 282 g/mol. The molecule has 3 nitrogen and oxygen atoms in total. The minimum Gasteiger partial charge on any atom is -0.398 e. The summed E-state index contributed by atoms with van der Waals surface area (Å²) < 4.78 is 0. The first-order valence-corrected chi connectivity index (χ1v) is 7.10. The van der Waals surface area contributed by atoms with Gasteiger partial charge in [0.15, 0.2) is 0 Å². The lowest BCUT2D eigenvalue weighted by atomic mass is 9.84. The van der Waals surface area contributed by atoms with E-state index in [-0.39, 0.29) is 11.3 Å². The van der Waals surface area contributed by atoms with Gasteiger partial charge in [0, 0.05) is 17.6 Å². The Morgan fingerprint density at radius 3 is 2.43 bits per heavy atom. The van der Waals surface area contributed by atoms with Crippen molar-refractivity contribution in [1.82, 2.24) is 5.32 Å². The fraction of sp³-hybridized carbons (Fsp3) is 0.278. The van der Waals surface area contributed by atoms with Gasteiger partial charge in [-0.2, -0.15) is 0 Å². The molecule has 0 unspecified atom stereocenters. The first-order chi connectivity index (χ1) is 9.92. The molecular formula is C18H22N2O. The molecule has 0 radical (unpaired) electrons. The predicted molar refractivity (Wildman–Crippen MR) is 87.4 cm³/mol. The third kappa shape index (κ3) is 3.43. The van der Waals surface area contributed by atoms with Crippen molar-refractivity contribution < 1.29 is 4.79 Å². The van der Waals surface area contributed by atoms with E-state index in [1.54, 1.807) is 6.07 Å². The Balaban J connectivity index is 2.09. The molecule has 0 aliphatic rings. The number of nitrogens with two attached hydrogens (primary N) is 1. The molecule has 110 valence electrons. The molecule has 3 N–H and O–H groups in total. The van der Waals surface area contributed by atoms with Gasteiger partial charge in [0.25, 0.3) is 5.91 Å². The van der Waals surface area contributed by atoms with E-state index in [1.807, 2.05) is 37.3 Å². The molecule has 0 atom stereocenters. The average Bonchev–Trinajstić information content (AvgIpc) is 2.49. The molecular weight excluding hydrogens is 260 g/mol. The summed E-state index contributed by atoms with van der Waals surface area (Å²) in [5.41, 5.74) is 9.05. The number of hydrogen-bond donors (Lipinski definition) is 2. The second-order valence-electron chi connectivity index (χ2n) is 5.97. The highest BCUT2D eigenvalue weighted by Crippen LogP contribution is 2.22. The fourth-order valence-electron chi connectivity index (χ4n) is 2.27. The van der Waals surface area contributed by atoms with E-state index in [9.17, 15) is 4.79 Å². The summed E-state index contributed by atoms with van der Waals surface area (Å²) in [7, 11) is 0. The summed E-state index contributed by atoms with van der Waals surface area (Å²) >= 11 is 0. The van der Waals surface area contributed by atoms with Crippen LogP contribution in [0, 0.1) is 6.92 Å². The van der Waals surface area contributed by atoms with Crippen LogP contribution in [0.15, 0.2) is 48.5 Å². The third-order valence-electron chi connectivity index (χ3n) is 3.81. The lowest BCUT2D eigenvalue weighted by Gasteiger charge is -2.25. The molecule has 0 heterocycles.